The Morgan fingerprint density at radius 3 is 2.71 bits per heavy atom. The van der Waals surface area contributed by atoms with Crippen molar-refractivity contribution in [2.45, 2.75) is 12.5 Å². The van der Waals surface area contributed by atoms with Crippen molar-refractivity contribution < 1.29 is 9.63 Å². The third kappa shape index (κ3) is 3.12. The highest BCUT2D eigenvalue weighted by Crippen LogP contribution is 2.28. The van der Waals surface area contributed by atoms with Gasteiger partial charge in [0.2, 0.25) is 0 Å². The van der Waals surface area contributed by atoms with Crippen molar-refractivity contribution in [1.29, 1.82) is 0 Å². The van der Waals surface area contributed by atoms with Crippen LogP contribution in [0.4, 0.5) is 5.95 Å². The molecule has 6 heteroatoms. The van der Waals surface area contributed by atoms with E-state index in [0.717, 1.165) is 22.9 Å². The smallest absolute Gasteiger partial charge is 0.266 e. The van der Waals surface area contributed by atoms with Crippen LogP contribution in [0.5, 0.6) is 0 Å². The number of anilines is 1. The van der Waals surface area contributed by atoms with E-state index in [1.54, 1.807) is 0 Å². The van der Waals surface area contributed by atoms with Gasteiger partial charge in [0.05, 0.1) is 11.6 Å². The molecule has 4 aromatic rings. The monoisotopic (exact) mass is 372 g/mol. The normalized spacial score (nSPS) is 19.4. The van der Waals surface area contributed by atoms with Crippen molar-refractivity contribution in [1.82, 2.24) is 15.1 Å². The van der Waals surface area contributed by atoms with Crippen LogP contribution in [0.3, 0.4) is 0 Å². The maximum Gasteiger partial charge on any atom is 0.266 e. The zero-order valence-electron chi connectivity index (χ0n) is 15.3. The van der Waals surface area contributed by atoms with Crippen LogP contribution in [0.15, 0.2) is 71.4 Å². The third-order valence-corrected chi connectivity index (χ3v) is 5.35. The molecule has 1 saturated heterocycles. The molecule has 0 radical (unpaired) electrons. The summed E-state index contributed by atoms with van der Waals surface area (Å²) >= 11 is 0. The minimum absolute atomic E-state index is 0.101. The van der Waals surface area contributed by atoms with Gasteiger partial charge in [0.15, 0.2) is 0 Å². The molecule has 0 aliphatic carbocycles. The summed E-state index contributed by atoms with van der Waals surface area (Å²) in [5, 5.41) is 15.9. The van der Waals surface area contributed by atoms with Gasteiger partial charge in [-0.05, 0) is 41.4 Å². The van der Waals surface area contributed by atoms with E-state index in [1.165, 1.54) is 5.56 Å². The fourth-order valence-electron chi connectivity index (χ4n) is 3.88. The lowest BCUT2D eigenvalue weighted by Gasteiger charge is -2.15. The SMILES string of the molecule is OC1CN(c2noc(-c3ccccc3)n2)CC1Cc1ccnc2ccccc12. The van der Waals surface area contributed by atoms with E-state index in [1.807, 2.05) is 65.7 Å². The number of β-amino-alcohol motifs (C(OH)–C–C–N with tert-alkyl or cyclic N) is 1. The first-order chi connectivity index (χ1) is 13.8. The number of pyridine rings is 1. The topological polar surface area (TPSA) is 75.3 Å². The van der Waals surface area contributed by atoms with Gasteiger partial charge >= 0.3 is 0 Å². The standard InChI is InChI=1S/C22H20N4O2/c27-20-14-26(22-24-21(28-25-22)15-6-2-1-3-7-15)13-17(20)12-16-10-11-23-19-9-5-4-8-18(16)19/h1-11,17,20,27H,12-14H2. The molecule has 2 atom stereocenters. The predicted molar refractivity (Wildman–Crippen MR) is 107 cm³/mol. The number of aliphatic hydroxyl groups excluding tert-OH is 1. The van der Waals surface area contributed by atoms with Crippen LogP contribution in [0.1, 0.15) is 5.56 Å². The van der Waals surface area contributed by atoms with Crippen LogP contribution < -0.4 is 4.90 Å². The Labute approximate surface area is 162 Å². The molecule has 1 fully saturated rings. The summed E-state index contributed by atoms with van der Waals surface area (Å²) in [6.07, 6.45) is 2.18. The van der Waals surface area contributed by atoms with E-state index in [2.05, 4.69) is 21.2 Å². The second-order valence-electron chi connectivity index (χ2n) is 7.19. The molecule has 0 bridgehead atoms. The Bertz CT molecular complexity index is 1090. The molecule has 2 aromatic carbocycles. The van der Waals surface area contributed by atoms with E-state index in [0.29, 0.717) is 24.9 Å². The number of aliphatic hydroxyl groups is 1. The fourth-order valence-corrected chi connectivity index (χ4v) is 3.88. The minimum atomic E-state index is -0.439. The number of para-hydroxylation sites is 1. The molecule has 3 heterocycles. The number of fused-ring (bicyclic) bond motifs is 1. The molecule has 2 aromatic heterocycles. The van der Waals surface area contributed by atoms with Gasteiger partial charge in [-0.25, -0.2) is 0 Å². The lowest BCUT2D eigenvalue weighted by Crippen LogP contribution is -2.22. The number of rotatable bonds is 4. The third-order valence-electron chi connectivity index (χ3n) is 5.35. The first-order valence-corrected chi connectivity index (χ1v) is 9.43. The zero-order valence-corrected chi connectivity index (χ0v) is 15.3. The van der Waals surface area contributed by atoms with Crippen molar-refractivity contribution in [2.75, 3.05) is 18.0 Å². The van der Waals surface area contributed by atoms with Crippen molar-refractivity contribution in [3.05, 3.63) is 72.4 Å². The van der Waals surface area contributed by atoms with E-state index in [9.17, 15) is 5.11 Å². The summed E-state index contributed by atoms with van der Waals surface area (Å²) in [5.74, 6) is 1.12. The van der Waals surface area contributed by atoms with E-state index < -0.39 is 6.10 Å². The van der Waals surface area contributed by atoms with Crippen LogP contribution in [0, 0.1) is 5.92 Å². The largest absolute Gasteiger partial charge is 0.391 e. The molecular formula is C22H20N4O2. The summed E-state index contributed by atoms with van der Waals surface area (Å²) in [6.45, 7) is 1.19. The van der Waals surface area contributed by atoms with Crippen LogP contribution in [-0.2, 0) is 6.42 Å². The maximum atomic E-state index is 10.6. The molecular weight excluding hydrogens is 352 g/mol. The molecule has 5 rings (SSSR count). The van der Waals surface area contributed by atoms with Gasteiger partial charge < -0.3 is 14.5 Å². The summed E-state index contributed by atoms with van der Waals surface area (Å²) in [5.41, 5.74) is 3.07. The van der Waals surface area contributed by atoms with Crippen LogP contribution >= 0.6 is 0 Å². The van der Waals surface area contributed by atoms with Gasteiger partial charge in [0, 0.05) is 36.2 Å². The number of hydrogen-bond acceptors (Lipinski definition) is 6. The van der Waals surface area contributed by atoms with E-state index >= 15 is 0 Å². The highest BCUT2D eigenvalue weighted by molar-refractivity contribution is 5.81. The average molecular weight is 372 g/mol. The van der Waals surface area contributed by atoms with Crippen molar-refractivity contribution in [2.24, 2.45) is 5.92 Å². The summed E-state index contributed by atoms with van der Waals surface area (Å²) in [4.78, 5) is 10.9. The number of nitrogens with zero attached hydrogens (tertiary/aromatic N) is 4. The molecule has 0 spiro atoms. The molecule has 1 aliphatic rings. The van der Waals surface area contributed by atoms with Gasteiger partial charge in [0.25, 0.3) is 11.8 Å². The van der Waals surface area contributed by atoms with Gasteiger partial charge in [-0.2, -0.15) is 4.98 Å². The van der Waals surface area contributed by atoms with Crippen molar-refractivity contribution in [3.63, 3.8) is 0 Å². The second-order valence-corrected chi connectivity index (χ2v) is 7.19. The van der Waals surface area contributed by atoms with Crippen LogP contribution in [-0.4, -0.2) is 39.4 Å². The summed E-state index contributed by atoms with van der Waals surface area (Å²) in [6, 6.07) is 19.9. The molecule has 28 heavy (non-hydrogen) atoms. The number of aromatic nitrogens is 3. The highest BCUT2D eigenvalue weighted by atomic mass is 16.5. The Morgan fingerprint density at radius 1 is 1.00 bits per heavy atom. The molecule has 0 amide bonds. The highest BCUT2D eigenvalue weighted by Gasteiger charge is 2.34. The molecule has 140 valence electrons. The Morgan fingerprint density at radius 2 is 1.82 bits per heavy atom. The fraction of sp³-hybridized carbons (Fsp3) is 0.227. The predicted octanol–water partition coefficient (Wildman–Crippen LogP) is 3.32. The number of benzene rings is 2. The van der Waals surface area contributed by atoms with Gasteiger partial charge in [0.1, 0.15) is 0 Å². The Balaban J connectivity index is 1.35. The molecule has 0 saturated carbocycles. The lowest BCUT2D eigenvalue weighted by atomic mass is 9.94. The Kier molecular flexibility index (Phi) is 4.25. The van der Waals surface area contributed by atoms with Crippen molar-refractivity contribution in [3.8, 4) is 11.5 Å². The van der Waals surface area contributed by atoms with E-state index in [-0.39, 0.29) is 5.92 Å². The lowest BCUT2D eigenvalue weighted by molar-refractivity contribution is 0.148. The quantitative estimate of drug-likeness (QED) is 0.592. The van der Waals surface area contributed by atoms with Crippen molar-refractivity contribution >= 4 is 16.9 Å². The molecule has 2 unspecified atom stereocenters. The maximum absolute atomic E-state index is 10.6. The van der Waals surface area contributed by atoms with Gasteiger partial charge in [-0.1, -0.05) is 36.4 Å². The molecule has 1 aliphatic heterocycles. The first-order valence-electron chi connectivity index (χ1n) is 9.43. The van der Waals surface area contributed by atoms with Gasteiger partial charge in [-0.3, -0.25) is 4.98 Å². The van der Waals surface area contributed by atoms with Crippen LogP contribution in [0.25, 0.3) is 22.4 Å². The Hall–Kier alpha value is -3.25. The average Bonchev–Trinajstić information content (AvgIpc) is 3.36. The first kappa shape index (κ1) is 16.9. The second kappa shape index (κ2) is 7.05. The van der Waals surface area contributed by atoms with E-state index in [4.69, 9.17) is 4.52 Å². The number of hydrogen-bond donors (Lipinski definition) is 1. The van der Waals surface area contributed by atoms with Gasteiger partial charge in [-0.15, -0.1) is 0 Å². The summed E-state index contributed by atoms with van der Waals surface area (Å²) < 4.78 is 5.42. The molecule has 1 N–H and O–H groups in total. The summed E-state index contributed by atoms with van der Waals surface area (Å²) in [7, 11) is 0. The zero-order chi connectivity index (χ0) is 18.9. The van der Waals surface area contributed by atoms with Crippen LogP contribution in [0.2, 0.25) is 0 Å². The molecule has 6 nitrogen and oxygen atoms in total. The minimum Gasteiger partial charge on any atom is -0.391 e.